The topological polar surface area (TPSA) is 120 Å². The summed E-state index contributed by atoms with van der Waals surface area (Å²) in [6, 6.07) is 7.85. The van der Waals surface area contributed by atoms with Crippen molar-refractivity contribution in [2.45, 2.75) is 20.8 Å². The van der Waals surface area contributed by atoms with Crippen LogP contribution in [0.1, 0.15) is 31.1 Å². The molecule has 0 saturated carbocycles. The molecule has 2 amide bonds. The second-order valence-electron chi connectivity index (χ2n) is 6.35. The maximum absolute atomic E-state index is 12.8. The molecule has 0 radical (unpaired) electrons. The molecule has 0 fully saturated rings. The number of pyridine rings is 1. The van der Waals surface area contributed by atoms with Gasteiger partial charge in [0.2, 0.25) is 15.9 Å². The fourth-order valence-corrected chi connectivity index (χ4v) is 3.27. The number of carbonyl (C=O) groups excluding carboxylic acids is 2. The maximum atomic E-state index is 12.8. The van der Waals surface area contributed by atoms with E-state index in [9.17, 15) is 18.0 Å². The molecule has 0 aliphatic carbocycles. The van der Waals surface area contributed by atoms with Crippen LogP contribution in [0.15, 0.2) is 36.5 Å². The summed E-state index contributed by atoms with van der Waals surface area (Å²) < 4.78 is 25.6. The van der Waals surface area contributed by atoms with Crippen molar-refractivity contribution in [3.8, 4) is 0 Å². The lowest BCUT2D eigenvalue weighted by Crippen LogP contribution is -2.23. The van der Waals surface area contributed by atoms with E-state index in [4.69, 9.17) is 0 Å². The van der Waals surface area contributed by atoms with Crippen LogP contribution in [0.25, 0.3) is 0 Å². The van der Waals surface area contributed by atoms with Crippen LogP contribution in [0.5, 0.6) is 0 Å². The predicted molar refractivity (Wildman–Crippen MR) is 115 cm³/mol. The summed E-state index contributed by atoms with van der Waals surface area (Å²) in [5.74, 6) is -0.0581. The van der Waals surface area contributed by atoms with E-state index in [1.165, 1.54) is 31.3 Å². The molecule has 1 aromatic heterocycles. The van der Waals surface area contributed by atoms with Gasteiger partial charge in [0.1, 0.15) is 5.82 Å². The number of nitrogens with one attached hydrogen (secondary N) is 3. The average molecular weight is 420 g/mol. The normalized spacial score (nSPS) is 10.9. The second-order valence-corrected chi connectivity index (χ2v) is 8.10. The number of nitrogens with zero attached hydrogens (tertiary/aromatic N) is 2. The molecular formula is C19H25N5O4S. The molecule has 1 aromatic carbocycles. The molecule has 0 saturated heterocycles. The first-order valence-corrected chi connectivity index (χ1v) is 10.9. The van der Waals surface area contributed by atoms with E-state index in [1.807, 2.05) is 13.8 Å². The lowest BCUT2D eigenvalue weighted by atomic mass is 10.1. The fraction of sp³-hybridized carbons (Fsp3) is 0.316. The molecule has 0 aliphatic rings. The van der Waals surface area contributed by atoms with Crippen molar-refractivity contribution in [2.75, 3.05) is 39.6 Å². The van der Waals surface area contributed by atoms with E-state index in [0.29, 0.717) is 11.4 Å². The van der Waals surface area contributed by atoms with Gasteiger partial charge >= 0.3 is 0 Å². The van der Waals surface area contributed by atoms with E-state index in [2.05, 4.69) is 25.2 Å². The van der Waals surface area contributed by atoms with Crippen LogP contribution in [0.3, 0.4) is 0 Å². The highest BCUT2D eigenvalue weighted by Gasteiger charge is 2.16. The number of anilines is 4. The highest BCUT2D eigenvalue weighted by Crippen LogP contribution is 2.23. The Morgan fingerprint density at radius 2 is 1.69 bits per heavy atom. The average Bonchev–Trinajstić information content (AvgIpc) is 2.63. The minimum absolute atomic E-state index is 0.0643. The molecule has 2 aromatic rings. The number of benzene rings is 1. The van der Waals surface area contributed by atoms with Gasteiger partial charge in [-0.2, -0.15) is 0 Å². The molecule has 156 valence electrons. The monoisotopic (exact) mass is 419 g/mol. The zero-order valence-electron chi connectivity index (χ0n) is 16.8. The summed E-state index contributed by atoms with van der Waals surface area (Å²) >= 11 is 0. The minimum atomic E-state index is -3.60. The largest absolute Gasteiger partial charge is 0.357 e. The number of amides is 2. The summed E-state index contributed by atoms with van der Waals surface area (Å²) in [6.45, 7) is 7.02. The lowest BCUT2D eigenvalue weighted by Gasteiger charge is -2.19. The summed E-state index contributed by atoms with van der Waals surface area (Å²) in [5.41, 5.74) is 0.999. The lowest BCUT2D eigenvalue weighted by molar-refractivity contribution is -0.114. The molecule has 0 aliphatic heterocycles. The van der Waals surface area contributed by atoms with Gasteiger partial charge in [0.15, 0.2) is 0 Å². The van der Waals surface area contributed by atoms with Crippen molar-refractivity contribution in [2.24, 2.45) is 0 Å². The molecular weight excluding hydrogens is 394 g/mol. The van der Waals surface area contributed by atoms with Crippen molar-refractivity contribution in [3.63, 3.8) is 0 Å². The highest BCUT2D eigenvalue weighted by atomic mass is 32.2. The van der Waals surface area contributed by atoms with Gasteiger partial charge in [-0.1, -0.05) is 0 Å². The molecule has 0 spiro atoms. The number of carbonyl (C=O) groups is 2. The number of aromatic nitrogens is 1. The molecule has 3 N–H and O–H groups in total. The number of hydrogen-bond donors (Lipinski definition) is 3. The Labute approximate surface area is 170 Å². The Bertz CT molecular complexity index is 986. The van der Waals surface area contributed by atoms with Crippen molar-refractivity contribution < 1.29 is 18.0 Å². The quantitative estimate of drug-likeness (QED) is 0.605. The third-order valence-corrected chi connectivity index (χ3v) is 4.56. The van der Waals surface area contributed by atoms with Gasteiger partial charge < -0.3 is 15.5 Å². The van der Waals surface area contributed by atoms with Crippen molar-refractivity contribution in [3.05, 3.63) is 42.1 Å². The number of rotatable bonds is 8. The number of sulfonamides is 1. The highest BCUT2D eigenvalue weighted by molar-refractivity contribution is 7.92. The summed E-state index contributed by atoms with van der Waals surface area (Å²) in [4.78, 5) is 30.5. The van der Waals surface area contributed by atoms with Crippen molar-refractivity contribution in [1.29, 1.82) is 0 Å². The van der Waals surface area contributed by atoms with Crippen LogP contribution in [0.2, 0.25) is 0 Å². The molecule has 0 unspecified atom stereocenters. The Kier molecular flexibility index (Phi) is 7.16. The van der Waals surface area contributed by atoms with E-state index >= 15 is 0 Å². The number of hydrogen-bond acceptors (Lipinski definition) is 6. The molecule has 0 atom stereocenters. The molecule has 2 rings (SSSR count). The van der Waals surface area contributed by atoms with Gasteiger partial charge in [-0.15, -0.1) is 0 Å². The molecule has 10 heteroatoms. The Morgan fingerprint density at radius 3 is 2.21 bits per heavy atom. The van der Waals surface area contributed by atoms with Crippen LogP contribution in [-0.2, 0) is 14.8 Å². The first kappa shape index (κ1) is 22.2. The van der Waals surface area contributed by atoms with Gasteiger partial charge in [0.05, 0.1) is 29.4 Å². The first-order valence-electron chi connectivity index (χ1n) is 9.04. The minimum Gasteiger partial charge on any atom is -0.357 e. The first-order chi connectivity index (χ1) is 13.6. The van der Waals surface area contributed by atoms with E-state index in [-0.39, 0.29) is 17.2 Å². The SMILES string of the molecule is CCN(CC)c1ccc(NC(=O)c2cc(NC(C)=O)ccc2NS(C)(=O)=O)cn1. The van der Waals surface area contributed by atoms with Crippen molar-refractivity contribution >= 4 is 44.7 Å². The Morgan fingerprint density at radius 1 is 1.03 bits per heavy atom. The molecule has 0 bridgehead atoms. The third kappa shape index (κ3) is 6.46. The van der Waals surface area contributed by atoms with Gasteiger partial charge in [0, 0.05) is 25.7 Å². The van der Waals surface area contributed by atoms with Crippen LogP contribution >= 0.6 is 0 Å². The smallest absolute Gasteiger partial charge is 0.257 e. The van der Waals surface area contributed by atoms with Crippen LogP contribution in [0, 0.1) is 0 Å². The standard InChI is InChI=1S/C19H25N5O4S/c1-5-24(6-2)18-10-8-15(12-20-18)22-19(26)16-11-14(21-13(3)25)7-9-17(16)23-29(4,27)28/h7-12,23H,5-6H2,1-4H3,(H,21,25)(H,22,26). The van der Waals surface area contributed by atoms with E-state index in [1.54, 1.807) is 12.1 Å². The van der Waals surface area contributed by atoms with Gasteiger partial charge in [-0.25, -0.2) is 13.4 Å². The molecule has 29 heavy (non-hydrogen) atoms. The van der Waals surface area contributed by atoms with Gasteiger partial charge in [0.25, 0.3) is 5.91 Å². The summed E-state index contributed by atoms with van der Waals surface area (Å²) in [5, 5.41) is 5.27. The van der Waals surface area contributed by atoms with Gasteiger partial charge in [-0.3, -0.25) is 14.3 Å². The maximum Gasteiger partial charge on any atom is 0.257 e. The van der Waals surface area contributed by atoms with Crippen LogP contribution in [0.4, 0.5) is 22.9 Å². The van der Waals surface area contributed by atoms with Crippen molar-refractivity contribution in [1.82, 2.24) is 4.98 Å². The van der Waals surface area contributed by atoms with Crippen LogP contribution in [-0.4, -0.2) is 44.6 Å². The Hall–Kier alpha value is -3.14. The van der Waals surface area contributed by atoms with Gasteiger partial charge in [-0.05, 0) is 44.2 Å². The Balaban J connectivity index is 2.30. The predicted octanol–water partition coefficient (Wildman–Crippen LogP) is 2.51. The zero-order chi connectivity index (χ0) is 21.6. The van der Waals surface area contributed by atoms with Crippen LogP contribution < -0.4 is 20.3 Å². The van der Waals surface area contributed by atoms with E-state index < -0.39 is 15.9 Å². The van der Waals surface area contributed by atoms with E-state index in [0.717, 1.165) is 25.2 Å². The second kappa shape index (κ2) is 9.37. The zero-order valence-corrected chi connectivity index (χ0v) is 17.6. The fourth-order valence-electron chi connectivity index (χ4n) is 2.69. The summed E-state index contributed by atoms with van der Waals surface area (Å²) in [7, 11) is -3.60. The molecule has 1 heterocycles. The molecule has 9 nitrogen and oxygen atoms in total. The summed E-state index contributed by atoms with van der Waals surface area (Å²) in [6.07, 6.45) is 2.53. The third-order valence-electron chi connectivity index (χ3n) is 3.97.